The minimum absolute atomic E-state index is 0.365. The van der Waals surface area contributed by atoms with Gasteiger partial charge in [-0.3, -0.25) is 0 Å². The zero-order valence-electron chi connectivity index (χ0n) is 6.37. The van der Waals surface area contributed by atoms with Crippen LogP contribution in [0.1, 0.15) is 20.8 Å². The molecule has 5 nitrogen and oxygen atoms in total. The Morgan fingerprint density at radius 2 is 1.90 bits per heavy atom. The van der Waals surface area contributed by atoms with Crippen molar-refractivity contribution < 1.29 is 0 Å². The van der Waals surface area contributed by atoms with Crippen LogP contribution in [-0.2, 0) is 0 Å². The van der Waals surface area contributed by atoms with E-state index in [1.165, 1.54) is 0 Å². The van der Waals surface area contributed by atoms with E-state index in [1.807, 2.05) is 20.8 Å². The summed E-state index contributed by atoms with van der Waals surface area (Å²) in [5.74, 6) is 0.365. The van der Waals surface area contributed by atoms with E-state index in [1.54, 1.807) is 0 Å². The molecule has 0 rings (SSSR count). The molecule has 0 radical (unpaired) electrons. The SMILES string of the molecule is C/C(=N\N=N/N=N)C(C)C. The zero-order valence-corrected chi connectivity index (χ0v) is 6.37. The van der Waals surface area contributed by atoms with E-state index in [-0.39, 0.29) is 0 Å². The Morgan fingerprint density at radius 3 is 2.30 bits per heavy atom. The van der Waals surface area contributed by atoms with Crippen molar-refractivity contribution in [1.82, 2.24) is 0 Å². The molecule has 0 aliphatic carbocycles. The van der Waals surface area contributed by atoms with Crippen LogP contribution in [0.5, 0.6) is 0 Å². The Labute approximate surface area is 59.7 Å². The second kappa shape index (κ2) is 4.72. The van der Waals surface area contributed by atoms with Gasteiger partial charge in [-0.15, -0.1) is 5.10 Å². The standard InChI is InChI=1S/C5H11N5/c1-4(2)5(3)7-9-10-8-6/h4,6H,1-3H3/b7-5+,8-6?,10-9-. The van der Waals surface area contributed by atoms with Gasteiger partial charge in [-0.25, -0.2) is 0 Å². The maximum absolute atomic E-state index is 6.25. The van der Waals surface area contributed by atoms with Crippen LogP contribution >= 0.6 is 0 Å². The van der Waals surface area contributed by atoms with Crippen molar-refractivity contribution in [1.29, 1.82) is 5.53 Å². The molecule has 0 unspecified atom stereocenters. The van der Waals surface area contributed by atoms with Gasteiger partial charge in [-0.2, -0.15) is 5.53 Å². The van der Waals surface area contributed by atoms with E-state index in [9.17, 15) is 0 Å². The summed E-state index contributed by atoms with van der Waals surface area (Å²) in [6.45, 7) is 5.87. The van der Waals surface area contributed by atoms with Gasteiger partial charge in [-0.05, 0) is 28.5 Å². The van der Waals surface area contributed by atoms with Gasteiger partial charge in [0.05, 0.1) is 0 Å². The van der Waals surface area contributed by atoms with Crippen LogP contribution in [0.3, 0.4) is 0 Å². The number of rotatable bonds is 3. The number of hydrogen-bond donors (Lipinski definition) is 1. The summed E-state index contributed by atoms with van der Waals surface area (Å²) < 4.78 is 0. The molecule has 0 bridgehead atoms. The number of nitrogens with one attached hydrogen (secondary N) is 1. The number of nitrogens with zero attached hydrogens (tertiary/aromatic N) is 4. The monoisotopic (exact) mass is 141 g/mol. The fourth-order valence-electron chi connectivity index (χ4n) is 0.226. The van der Waals surface area contributed by atoms with Gasteiger partial charge in [-0.1, -0.05) is 13.8 Å². The summed E-state index contributed by atoms with van der Waals surface area (Å²) in [7, 11) is 0. The van der Waals surface area contributed by atoms with Crippen molar-refractivity contribution >= 4 is 5.71 Å². The molecule has 0 aliphatic rings. The van der Waals surface area contributed by atoms with E-state index in [4.69, 9.17) is 5.53 Å². The second-order valence-electron chi connectivity index (χ2n) is 2.17. The highest BCUT2D eigenvalue weighted by atomic mass is 15.5. The van der Waals surface area contributed by atoms with Crippen LogP contribution in [-0.4, -0.2) is 5.71 Å². The van der Waals surface area contributed by atoms with E-state index in [0.717, 1.165) is 5.71 Å². The van der Waals surface area contributed by atoms with Crippen LogP contribution in [0.2, 0.25) is 0 Å². The molecule has 0 aliphatic heterocycles. The summed E-state index contributed by atoms with van der Waals surface area (Å²) >= 11 is 0. The third-order valence-corrected chi connectivity index (χ3v) is 1.12. The second-order valence-corrected chi connectivity index (χ2v) is 2.17. The Bertz CT molecular complexity index is 157. The summed E-state index contributed by atoms with van der Waals surface area (Å²) in [6, 6.07) is 0. The first kappa shape index (κ1) is 8.87. The predicted octanol–water partition coefficient (Wildman–Crippen LogP) is 2.42. The van der Waals surface area contributed by atoms with Crippen LogP contribution in [0.25, 0.3) is 0 Å². The van der Waals surface area contributed by atoms with Crippen molar-refractivity contribution in [2.24, 2.45) is 26.7 Å². The van der Waals surface area contributed by atoms with Gasteiger partial charge in [0, 0.05) is 5.71 Å². The predicted molar refractivity (Wildman–Crippen MR) is 38.0 cm³/mol. The molecule has 5 heteroatoms. The minimum Gasteiger partial charge on any atom is -0.183 e. The van der Waals surface area contributed by atoms with Gasteiger partial charge in [0.25, 0.3) is 0 Å². The molecule has 10 heavy (non-hydrogen) atoms. The van der Waals surface area contributed by atoms with Crippen molar-refractivity contribution in [3.63, 3.8) is 0 Å². The first-order valence-electron chi connectivity index (χ1n) is 2.99. The molecule has 0 spiro atoms. The molecular weight excluding hydrogens is 130 g/mol. The first-order valence-corrected chi connectivity index (χ1v) is 2.99. The molecule has 0 amide bonds. The largest absolute Gasteiger partial charge is 0.183 e. The lowest BCUT2D eigenvalue weighted by Crippen LogP contribution is -1.99. The van der Waals surface area contributed by atoms with Crippen molar-refractivity contribution in [2.75, 3.05) is 0 Å². The van der Waals surface area contributed by atoms with Gasteiger partial charge < -0.3 is 0 Å². The Morgan fingerprint density at radius 1 is 1.30 bits per heavy atom. The zero-order chi connectivity index (χ0) is 7.98. The molecule has 0 aromatic rings. The summed E-state index contributed by atoms with van der Waals surface area (Å²) in [5, 5.41) is 12.6. The average Bonchev–Trinajstić information content (AvgIpc) is 1.88. The molecule has 0 atom stereocenters. The lowest BCUT2D eigenvalue weighted by atomic mass is 10.1. The molecular formula is C5H11N5. The maximum atomic E-state index is 6.25. The fourth-order valence-corrected chi connectivity index (χ4v) is 0.226. The Kier molecular flexibility index (Phi) is 4.19. The molecule has 1 N–H and O–H groups in total. The summed E-state index contributed by atoms with van der Waals surface area (Å²) in [4.78, 5) is 0. The molecule has 56 valence electrons. The normalized spacial score (nSPS) is 13.0. The lowest BCUT2D eigenvalue weighted by molar-refractivity contribution is 0.826. The molecule has 0 fully saturated rings. The maximum Gasteiger partial charge on any atom is 0.0419 e. The Hall–Kier alpha value is -1.13. The Balaban J connectivity index is 3.91. The highest BCUT2D eigenvalue weighted by Crippen LogP contribution is 1.96. The lowest BCUT2D eigenvalue weighted by Gasteiger charge is -1.97. The molecule has 0 saturated carbocycles. The van der Waals surface area contributed by atoms with E-state index in [2.05, 4.69) is 20.8 Å². The first-order chi connectivity index (χ1) is 4.68. The molecule has 0 heterocycles. The van der Waals surface area contributed by atoms with E-state index < -0.39 is 0 Å². The molecule has 0 aromatic heterocycles. The van der Waals surface area contributed by atoms with Gasteiger partial charge in [0.15, 0.2) is 0 Å². The molecule has 0 aromatic carbocycles. The summed E-state index contributed by atoms with van der Waals surface area (Å²) in [5.41, 5.74) is 7.13. The van der Waals surface area contributed by atoms with Crippen LogP contribution < -0.4 is 0 Å². The van der Waals surface area contributed by atoms with Crippen LogP contribution in [0.4, 0.5) is 0 Å². The topological polar surface area (TPSA) is 73.3 Å². The smallest absolute Gasteiger partial charge is 0.0419 e. The third-order valence-electron chi connectivity index (χ3n) is 1.12. The average molecular weight is 141 g/mol. The minimum atomic E-state index is 0.365. The van der Waals surface area contributed by atoms with E-state index >= 15 is 0 Å². The number of hydrogen-bond acceptors (Lipinski definition) is 2. The van der Waals surface area contributed by atoms with Gasteiger partial charge >= 0.3 is 0 Å². The van der Waals surface area contributed by atoms with Crippen LogP contribution in [0.15, 0.2) is 20.8 Å². The quantitative estimate of drug-likeness (QED) is 0.356. The highest BCUT2D eigenvalue weighted by Gasteiger charge is 1.95. The van der Waals surface area contributed by atoms with Crippen LogP contribution in [0, 0.1) is 11.4 Å². The van der Waals surface area contributed by atoms with Crippen molar-refractivity contribution in [3.8, 4) is 0 Å². The van der Waals surface area contributed by atoms with Gasteiger partial charge in [0.1, 0.15) is 0 Å². The fraction of sp³-hybridized carbons (Fsp3) is 0.800. The van der Waals surface area contributed by atoms with E-state index in [0.29, 0.717) is 5.92 Å². The summed E-state index contributed by atoms with van der Waals surface area (Å²) in [6.07, 6.45) is 0. The molecule has 0 saturated heterocycles. The van der Waals surface area contributed by atoms with Crippen molar-refractivity contribution in [3.05, 3.63) is 0 Å². The highest BCUT2D eigenvalue weighted by molar-refractivity contribution is 5.83. The van der Waals surface area contributed by atoms with Crippen molar-refractivity contribution in [2.45, 2.75) is 20.8 Å². The van der Waals surface area contributed by atoms with Gasteiger partial charge in [0.2, 0.25) is 0 Å². The third kappa shape index (κ3) is 3.82.